The standard InChI is InChI=1S/C14H21ClN2O2/c1-5-17-14(2,3)13(18)16-9-10-11(15)7-6-8-12(10)19-4/h6-8,17H,5,9H2,1-4H3,(H,16,18). The van der Waals surface area contributed by atoms with E-state index in [0.29, 0.717) is 17.3 Å². The molecule has 1 amide bonds. The minimum absolute atomic E-state index is 0.0728. The molecule has 0 aliphatic rings. The first-order valence-electron chi connectivity index (χ1n) is 6.27. The van der Waals surface area contributed by atoms with E-state index in [1.54, 1.807) is 13.2 Å². The first kappa shape index (κ1) is 15.8. The van der Waals surface area contributed by atoms with E-state index in [0.717, 1.165) is 12.1 Å². The third kappa shape index (κ3) is 4.11. The largest absolute Gasteiger partial charge is 0.496 e. The number of amides is 1. The van der Waals surface area contributed by atoms with E-state index < -0.39 is 5.54 Å². The summed E-state index contributed by atoms with van der Waals surface area (Å²) in [6.07, 6.45) is 0. The van der Waals surface area contributed by atoms with Crippen LogP contribution < -0.4 is 15.4 Å². The molecule has 0 atom stereocenters. The van der Waals surface area contributed by atoms with Gasteiger partial charge in [-0.1, -0.05) is 24.6 Å². The van der Waals surface area contributed by atoms with E-state index in [1.165, 1.54) is 0 Å². The summed E-state index contributed by atoms with van der Waals surface area (Å²) in [7, 11) is 1.58. The number of likely N-dealkylation sites (N-methyl/N-ethyl adjacent to an activating group) is 1. The molecule has 0 unspecified atom stereocenters. The topological polar surface area (TPSA) is 50.4 Å². The highest BCUT2D eigenvalue weighted by molar-refractivity contribution is 6.31. The lowest BCUT2D eigenvalue weighted by Gasteiger charge is -2.24. The Morgan fingerprint density at radius 3 is 2.68 bits per heavy atom. The van der Waals surface area contributed by atoms with Gasteiger partial charge in [0.25, 0.3) is 0 Å². The van der Waals surface area contributed by atoms with Crippen LogP contribution in [0.3, 0.4) is 0 Å². The zero-order valence-corrected chi connectivity index (χ0v) is 12.6. The normalized spacial score (nSPS) is 11.2. The van der Waals surface area contributed by atoms with Crippen molar-refractivity contribution in [2.24, 2.45) is 0 Å². The molecule has 4 nitrogen and oxygen atoms in total. The quantitative estimate of drug-likeness (QED) is 0.843. The van der Waals surface area contributed by atoms with Crippen LogP contribution in [-0.4, -0.2) is 25.1 Å². The molecule has 2 N–H and O–H groups in total. The number of carbonyl (C=O) groups is 1. The maximum Gasteiger partial charge on any atom is 0.239 e. The average molecular weight is 285 g/mol. The van der Waals surface area contributed by atoms with Crippen molar-refractivity contribution in [3.05, 3.63) is 28.8 Å². The van der Waals surface area contributed by atoms with Crippen molar-refractivity contribution in [2.45, 2.75) is 32.9 Å². The summed E-state index contributed by atoms with van der Waals surface area (Å²) in [5.41, 5.74) is 0.177. The SMILES string of the molecule is CCNC(C)(C)C(=O)NCc1c(Cl)cccc1OC. The molecule has 1 rings (SSSR count). The van der Waals surface area contributed by atoms with Crippen LogP contribution >= 0.6 is 11.6 Å². The Morgan fingerprint density at radius 1 is 1.42 bits per heavy atom. The van der Waals surface area contributed by atoms with Crippen LogP contribution in [0.1, 0.15) is 26.3 Å². The smallest absolute Gasteiger partial charge is 0.239 e. The molecule has 0 heterocycles. The third-order valence-electron chi connectivity index (χ3n) is 2.91. The molecule has 0 aliphatic carbocycles. The molecular weight excluding hydrogens is 264 g/mol. The number of benzene rings is 1. The summed E-state index contributed by atoms with van der Waals surface area (Å²) in [5.74, 6) is 0.602. The molecule has 5 heteroatoms. The molecule has 0 spiro atoms. The van der Waals surface area contributed by atoms with Gasteiger partial charge >= 0.3 is 0 Å². The number of hydrogen-bond acceptors (Lipinski definition) is 3. The van der Waals surface area contributed by atoms with Crippen molar-refractivity contribution in [3.8, 4) is 5.75 Å². The monoisotopic (exact) mass is 284 g/mol. The Hall–Kier alpha value is -1.26. The Kier molecular flexibility index (Phi) is 5.63. The zero-order chi connectivity index (χ0) is 14.5. The summed E-state index contributed by atoms with van der Waals surface area (Å²) in [6, 6.07) is 5.42. The Morgan fingerprint density at radius 2 is 2.11 bits per heavy atom. The zero-order valence-electron chi connectivity index (χ0n) is 11.8. The Bertz CT molecular complexity index is 447. The number of ether oxygens (including phenoxy) is 1. The number of methoxy groups -OCH3 is 1. The van der Waals surface area contributed by atoms with Gasteiger partial charge in [0, 0.05) is 17.1 Å². The summed E-state index contributed by atoms with van der Waals surface area (Å²) < 4.78 is 5.24. The highest BCUT2D eigenvalue weighted by Gasteiger charge is 2.26. The molecule has 1 aromatic carbocycles. The second-order valence-corrected chi connectivity index (χ2v) is 5.17. The lowest BCUT2D eigenvalue weighted by Crippen LogP contribution is -2.52. The van der Waals surface area contributed by atoms with Crippen molar-refractivity contribution >= 4 is 17.5 Å². The predicted octanol–water partition coefficient (Wildman–Crippen LogP) is 2.35. The molecule has 0 fully saturated rings. The molecular formula is C14H21ClN2O2. The van der Waals surface area contributed by atoms with Gasteiger partial charge in [0.2, 0.25) is 5.91 Å². The number of carbonyl (C=O) groups excluding carboxylic acids is 1. The van der Waals surface area contributed by atoms with Crippen LogP contribution in [-0.2, 0) is 11.3 Å². The van der Waals surface area contributed by atoms with Crippen molar-refractivity contribution in [1.29, 1.82) is 0 Å². The van der Waals surface area contributed by atoms with Gasteiger partial charge in [-0.05, 0) is 32.5 Å². The van der Waals surface area contributed by atoms with Crippen LogP contribution in [0.5, 0.6) is 5.75 Å². The molecule has 0 radical (unpaired) electrons. The molecule has 19 heavy (non-hydrogen) atoms. The number of rotatable bonds is 6. The van der Waals surface area contributed by atoms with Crippen LogP contribution in [0.25, 0.3) is 0 Å². The number of hydrogen-bond donors (Lipinski definition) is 2. The van der Waals surface area contributed by atoms with Crippen molar-refractivity contribution < 1.29 is 9.53 Å². The van der Waals surface area contributed by atoms with E-state index in [4.69, 9.17) is 16.3 Å². The number of halogens is 1. The van der Waals surface area contributed by atoms with Gasteiger partial charge in [0.15, 0.2) is 0 Å². The summed E-state index contributed by atoms with van der Waals surface area (Å²) in [5, 5.41) is 6.58. The van der Waals surface area contributed by atoms with Gasteiger partial charge in [-0.25, -0.2) is 0 Å². The van der Waals surface area contributed by atoms with Crippen LogP contribution in [0.15, 0.2) is 18.2 Å². The van der Waals surface area contributed by atoms with E-state index in [9.17, 15) is 4.79 Å². The van der Waals surface area contributed by atoms with Gasteiger partial charge < -0.3 is 15.4 Å². The van der Waals surface area contributed by atoms with E-state index in [-0.39, 0.29) is 5.91 Å². The highest BCUT2D eigenvalue weighted by atomic mass is 35.5. The van der Waals surface area contributed by atoms with E-state index in [1.807, 2.05) is 32.9 Å². The van der Waals surface area contributed by atoms with Crippen LogP contribution in [0.2, 0.25) is 5.02 Å². The van der Waals surface area contributed by atoms with Crippen LogP contribution in [0, 0.1) is 0 Å². The van der Waals surface area contributed by atoms with Gasteiger partial charge in [-0.3, -0.25) is 4.79 Å². The summed E-state index contributed by atoms with van der Waals surface area (Å²) in [6.45, 7) is 6.73. The molecule has 106 valence electrons. The average Bonchev–Trinajstić information content (AvgIpc) is 2.36. The van der Waals surface area contributed by atoms with Crippen molar-refractivity contribution in [3.63, 3.8) is 0 Å². The van der Waals surface area contributed by atoms with Crippen LogP contribution in [0.4, 0.5) is 0 Å². The first-order valence-corrected chi connectivity index (χ1v) is 6.65. The van der Waals surface area contributed by atoms with E-state index in [2.05, 4.69) is 10.6 Å². The fraction of sp³-hybridized carbons (Fsp3) is 0.500. The lowest BCUT2D eigenvalue weighted by atomic mass is 10.0. The summed E-state index contributed by atoms with van der Waals surface area (Å²) >= 11 is 6.12. The second-order valence-electron chi connectivity index (χ2n) is 4.76. The first-order chi connectivity index (χ1) is 8.92. The maximum absolute atomic E-state index is 12.1. The van der Waals surface area contributed by atoms with Gasteiger partial charge in [0.05, 0.1) is 12.6 Å². The van der Waals surface area contributed by atoms with E-state index >= 15 is 0 Å². The maximum atomic E-state index is 12.1. The fourth-order valence-electron chi connectivity index (χ4n) is 1.81. The van der Waals surface area contributed by atoms with Crippen molar-refractivity contribution in [2.75, 3.05) is 13.7 Å². The predicted molar refractivity (Wildman–Crippen MR) is 77.6 cm³/mol. The molecule has 0 aromatic heterocycles. The third-order valence-corrected chi connectivity index (χ3v) is 3.26. The minimum Gasteiger partial charge on any atom is -0.496 e. The molecule has 0 saturated carbocycles. The van der Waals surface area contributed by atoms with Gasteiger partial charge in [-0.2, -0.15) is 0 Å². The molecule has 0 bridgehead atoms. The summed E-state index contributed by atoms with van der Waals surface area (Å²) in [4.78, 5) is 12.1. The highest BCUT2D eigenvalue weighted by Crippen LogP contribution is 2.25. The Labute approximate surface area is 119 Å². The lowest BCUT2D eigenvalue weighted by molar-refractivity contribution is -0.126. The number of nitrogens with one attached hydrogen (secondary N) is 2. The second kappa shape index (κ2) is 6.78. The van der Waals surface area contributed by atoms with Gasteiger partial charge in [-0.15, -0.1) is 0 Å². The molecule has 0 aliphatic heterocycles. The Balaban J connectivity index is 2.75. The molecule has 0 saturated heterocycles. The fourth-order valence-corrected chi connectivity index (χ4v) is 2.05. The minimum atomic E-state index is -0.608. The van der Waals surface area contributed by atoms with Crippen molar-refractivity contribution in [1.82, 2.24) is 10.6 Å². The van der Waals surface area contributed by atoms with Gasteiger partial charge in [0.1, 0.15) is 5.75 Å². The molecule has 1 aromatic rings.